The minimum Gasteiger partial charge on any atom is -0.493 e. The van der Waals surface area contributed by atoms with Crippen molar-refractivity contribution in [2.24, 2.45) is 0 Å². The van der Waals surface area contributed by atoms with Crippen molar-refractivity contribution in [2.45, 2.75) is 25.6 Å². The number of aliphatic hydroxyl groups excluding tert-OH is 1. The van der Waals surface area contributed by atoms with E-state index in [1.165, 1.54) is 0 Å². The van der Waals surface area contributed by atoms with E-state index < -0.39 is 0 Å². The number of ether oxygens (including phenoxy) is 2. The first kappa shape index (κ1) is 10.6. The van der Waals surface area contributed by atoms with Crippen molar-refractivity contribution >= 4 is 11.6 Å². The second-order valence-corrected chi connectivity index (χ2v) is 3.99. The Hall–Kier alpha value is -0.930. The molecule has 0 aromatic heterocycles. The van der Waals surface area contributed by atoms with Crippen LogP contribution in [-0.4, -0.2) is 18.3 Å². The van der Waals surface area contributed by atoms with Gasteiger partial charge in [-0.1, -0.05) is 11.6 Å². The van der Waals surface area contributed by atoms with Crippen LogP contribution in [0.15, 0.2) is 12.1 Å². The Morgan fingerprint density at radius 2 is 2.20 bits per heavy atom. The predicted octanol–water partition coefficient (Wildman–Crippen LogP) is 2.38. The highest BCUT2D eigenvalue weighted by Gasteiger charge is 2.26. The molecule has 0 spiro atoms. The second-order valence-electron chi connectivity index (χ2n) is 3.58. The highest BCUT2D eigenvalue weighted by molar-refractivity contribution is 6.32. The molecular formula is C11H13ClO3. The first-order valence-electron chi connectivity index (χ1n) is 4.88. The van der Waals surface area contributed by atoms with Gasteiger partial charge in [-0.2, -0.15) is 0 Å². The number of halogens is 1. The molecule has 1 saturated carbocycles. The van der Waals surface area contributed by atoms with Crippen LogP contribution in [0.3, 0.4) is 0 Å². The third-order valence-electron chi connectivity index (χ3n) is 2.28. The first-order valence-corrected chi connectivity index (χ1v) is 5.26. The Bertz CT molecular complexity index is 361. The Morgan fingerprint density at radius 3 is 2.73 bits per heavy atom. The summed E-state index contributed by atoms with van der Waals surface area (Å²) in [7, 11) is 1.56. The summed E-state index contributed by atoms with van der Waals surface area (Å²) in [6.07, 6.45) is 2.42. The molecule has 0 radical (unpaired) electrons. The standard InChI is InChI=1S/C11H13ClO3/c1-14-10-5-7(6-13)4-9(12)11(10)15-8-2-3-8/h4-5,8,13H,2-3,6H2,1H3. The molecule has 1 fully saturated rings. The van der Waals surface area contributed by atoms with Crippen molar-refractivity contribution in [1.29, 1.82) is 0 Å². The summed E-state index contributed by atoms with van der Waals surface area (Å²) >= 11 is 6.05. The van der Waals surface area contributed by atoms with Gasteiger partial charge in [-0.25, -0.2) is 0 Å². The van der Waals surface area contributed by atoms with Gasteiger partial charge in [-0.15, -0.1) is 0 Å². The summed E-state index contributed by atoms with van der Waals surface area (Å²) in [5.74, 6) is 1.16. The number of hydrogen-bond donors (Lipinski definition) is 1. The molecular weight excluding hydrogens is 216 g/mol. The number of rotatable bonds is 4. The van der Waals surface area contributed by atoms with Crippen LogP contribution in [0.5, 0.6) is 11.5 Å². The van der Waals surface area contributed by atoms with Gasteiger partial charge in [-0.3, -0.25) is 0 Å². The highest BCUT2D eigenvalue weighted by Crippen LogP contribution is 2.40. The van der Waals surface area contributed by atoms with Gasteiger partial charge >= 0.3 is 0 Å². The third kappa shape index (κ3) is 2.36. The van der Waals surface area contributed by atoms with Gasteiger partial charge in [0.15, 0.2) is 11.5 Å². The topological polar surface area (TPSA) is 38.7 Å². The molecule has 1 aliphatic rings. The van der Waals surface area contributed by atoms with Crippen molar-refractivity contribution in [2.75, 3.05) is 7.11 Å². The van der Waals surface area contributed by atoms with E-state index in [9.17, 15) is 0 Å². The highest BCUT2D eigenvalue weighted by atomic mass is 35.5. The van der Waals surface area contributed by atoms with E-state index in [-0.39, 0.29) is 12.7 Å². The second kappa shape index (κ2) is 4.29. The molecule has 0 saturated heterocycles. The maximum atomic E-state index is 9.01. The van der Waals surface area contributed by atoms with Crippen molar-refractivity contribution in [3.05, 3.63) is 22.7 Å². The summed E-state index contributed by atoms with van der Waals surface area (Å²) < 4.78 is 10.8. The van der Waals surface area contributed by atoms with E-state index in [0.29, 0.717) is 16.5 Å². The quantitative estimate of drug-likeness (QED) is 0.860. The van der Waals surface area contributed by atoms with Crippen LogP contribution in [0.25, 0.3) is 0 Å². The average molecular weight is 229 g/mol. The Balaban J connectivity index is 2.32. The molecule has 0 amide bonds. The summed E-state index contributed by atoms with van der Waals surface area (Å²) in [4.78, 5) is 0. The largest absolute Gasteiger partial charge is 0.493 e. The minimum atomic E-state index is -0.0558. The summed E-state index contributed by atoms with van der Waals surface area (Å²) in [6, 6.07) is 3.44. The van der Waals surface area contributed by atoms with Crippen LogP contribution in [0.4, 0.5) is 0 Å². The number of methoxy groups -OCH3 is 1. The molecule has 0 unspecified atom stereocenters. The number of benzene rings is 1. The molecule has 15 heavy (non-hydrogen) atoms. The summed E-state index contributed by atoms with van der Waals surface area (Å²) in [6.45, 7) is -0.0558. The van der Waals surface area contributed by atoms with Crippen molar-refractivity contribution in [3.8, 4) is 11.5 Å². The molecule has 0 heterocycles. The van der Waals surface area contributed by atoms with Crippen LogP contribution >= 0.6 is 11.6 Å². The predicted molar refractivity (Wildman–Crippen MR) is 57.6 cm³/mol. The monoisotopic (exact) mass is 228 g/mol. The van der Waals surface area contributed by atoms with Gasteiger partial charge in [0.05, 0.1) is 24.8 Å². The van der Waals surface area contributed by atoms with Crippen molar-refractivity contribution in [3.63, 3.8) is 0 Å². The Kier molecular flexibility index (Phi) is 3.03. The van der Waals surface area contributed by atoms with Gasteiger partial charge in [0, 0.05) is 0 Å². The molecule has 3 nitrogen and oxygen atoms in total. The zero-order valence-electron chi connectivity index (χ0n) is 8.50. The lowest BCUT2D eigenvalue weighted by atomic mass is 10.2. The molecule has 0 atom stereocenters. The lowest BCUT2D eigenvalue weighted by molar-refractivity contribution is 0.273. The molecule has 1 N–H and O–H groups in total. The zero-order chi connectivity index (χ0) is 10.8. The van der Waals surface area contributed by atoms with Gasteiger partial charge in [-0.05, 0) is 30.5 Å². The molecule has 1 aliphatic carbocycles. The van der Waals surface area contributed by atoms with Crippen molar-refractivity contribution in [1.82, 2.24) is 0 Å². The van der Waals surface area contributed by atoms with E-state index in [1.54, 1.807) is 19.2 Å². The molecule has 1 aromatic rings. The summed E-state index contributed by atoms with van der Waals surface area (Å²) in [5, 5.41) is 9.50. The SMILES string of the molecule is COc1cc(CO)cc(Cl)c1OC1CC1. The zero-order valence-corrected chi connectivity index (χ0v) is 9.25. The maximum Gasteiger partial charge on any atom is 0.180 e. The van der Waals surface area contributed by atoms with Crippen LogP contribution in [0.1, 0.15) is 18.4 Å². The fourth-order valence-electron chi connectivity index (χ4n) is 1.33. The Labute approximate surface area is 93.6 Å². The van der Waals surface area contributed by atoms with Crippen molar-refractivity contribution < 1.29 is 14.6 Å². The molecule has 1 aromatic carbocycles. The lowest BCUT2D eigenvalue weighted by Crippen LogP contribution is -2.00. The fraction of sp³-hybridized carbons (Fsp3) is 0.455. The van der Waals surface area contributed by atoms with E-state index in [4.69, 9.17) is 26.2 Å². The van der Waals surface area contributed by atoms with Gasteiger partial charge in [0.1, 0.15) is 0 Å². The first-order chi connectivity index (χ1) is 7.24. The van der Waals surface area contributed by atoms with Crippen LogP contribution < -0.4 is 9.47 Å². The minimum absolute atomic E-state index is 0.0558. The van der Waals surface area contributed by atoms with Crippen LogP contribution in [0, 0.1) is 0 Å². The van der Waals surface area contributed by atoms with E-state index in [0.717, 1.165) is 18.4 Å². The Morgan fingerprint density at radius 1 is 1.47 bits per heavy atom. The lowest BCUT2D eigenvalue weighted by Gasteiger charge is -2.12. The molecule has 0 bridgehead atoms. The molecule has 0 aliphatic heterocycles. The molecule has 82 valence electrons. The summed E-state index contributed by atoms with van der Waals surface area (Å²) in [5.41, 5.74) is 0.722. The molecule has 2 rings (SSSR count). The van der Waals surface area contributed by atoms with E-state index in [1.807, 2.05) is 0 Å². The maximum absolute atomic E-state index is 9.01. The number of hydrogen-bond acceptors (Lipinski definition) is 3. The van der Waals surface area contributed by atoms with E-state index in [2.05, 4.69) is 0 Å². The van der Waals surface area contributed by atoms with E-state index >= 15 is 0 Å². The fourth-order valence-corrected chi connectivity index (χ4v) is 1.61. The van der Waals surface area contributed by atoms with Gasteiger partial charge < -0.3 is 14.6 Å². The normalized spacial score (nSPS) is 15.1. The molecule has 4 heteroatoms. The third-order valence-corrected chi connectivity index (χ3v) is 2.56. The van der Waals surface area contributed by atoms with Crippen LogP contribution in [-0.2, 0) is 6.61 Å². The van der Waals surface area contributed by atoms with Crippen LogP contribution in [0.2, 0.25) is 5.02 Å². The van der Waals surface area contributed by atoms with Gasteiger partial charge in [0.25, 0.3) is 0 Å². The average Bonchev–Trinajstić information content (AvgIpc) is 3.04. The number of aliphatic hydroxyl groups is 1. The van der Waals surface area contributed by atoms with Gasteiger partial charge in [0.2, 0.25) is 0 Å². The smallest absolute Gasteiger partial charge is 0.180 e.